The van der Waals surface area contributed by atoms with Crippen molar-refractivity contribution in [1.82, 2.24) is 0 Å². The summed E-state index contributed by atoms with van der Waals surface area (Å²) in [5.74, 6) is -0.386. The molecule has 0 fully saturated rings. The lowest BCUT2D eigenvalue weighted by molar-refractivity contribution is -0.142. The molecule has 1 atom stereocenters. The first-order chi connectivity index (χ1) is 13.2. The lowest BCUT2D eigenvalue weighted by atomic mass is 10.0. The van der Waals surface area contributed by atoms with Crippen LogP contribution in [0.1, 0.15) is 31.9 Å². The van der Waals surface area contributed by atoms with Gasteiger partial charge < -0.3 is 9.16 Å². The number of hydrogen-bond donors (Lipinski definition) is 0. The van der Waals surface area contributed by atoms with Crippen molar-refractivity contribution in [2.75, 3.05) is 13.7 Å². The van der Waals surface area contributed by atoms with E-state index in [9.17, 15) is 4.79 Å². The largest absolute Gasteiger partial charge is 0.467 e. The van der Waals surface area contributed by atoms with Gasteiger partial charge in [-0.1, -0.05) is 81.4 Å². The van der Waals surface area contributed by atoms with Gasteiger partial charge in [0, 0.05) is 11.1 Å². The Kier molecular flexibility index (Phi) is 7.33. The van der Waals surface area contributed by atoms with Crippen molar-refractivity contribution in [3.05, 3.63) is 71.8 Å². The summed E-state index contributed by atoms with van der Waals surface area (Å²) in [5, 5.41) is 0.0546. The molecule has 0 amide bonds. The summed E-state index contributed by atoms with van der Waals surface area (Å²) in [6, 6.07) is 19.1. The van der Waals surface area contributed by atoms with Gasteiger partial charge >= 0.3 is 5.97 Å². The molecule has 150 valence electrons. The summed E-state index contributed by atoms with van der Waals surface area (Å²) in [6.45, 7) is 11.1. The smallest absolute Gasteiger partial charge is 0.332 e. The van der Waals surface area contributed by atoms with E-state index in [1.807, 2.05) is 60.7 Å². The molecule has 0 heterocycles. The number of carbonyl (C=O) groups excluding carboxylic acids is 1. The molecule has 2 aromatic rings. The Bertz CT molecular complexity index is 754. The van der Waals surface area contributed by atoms with E-state index in [1.165, 1.54) is 7.11 Å². The average Bonchev–Trinajstić information content (AvgIpc) is 2.68. The molecule has 0 unspecified atom stereocenters. The van der Waals surface area contributed by atoms with E-state index >= 15 is 0 Å². The monoisotopic (exact) mass is 397 g/mol. The maximum Gasteiger partial charge on any atom is 0.332 e. The van der Waals surface area contributed by atoms with E-state index in [-0.39, 0.29) is 17.6 Å². The molecular formula is C23H31NO3Si. The van der Waals surface area contributed by atoms with Crippen LogP contribution in [0.15, 0.2) is 65.7 Å². The summed E-state index contributed by atoms with van der Waals surface area (Å²) in [7, 11) is -0.622. The van der Waals surface area contributed by atoms with Crippen molar-refractivity contribution in [2.45, 2.75) is 44.9 Å². The molecule has 0 spiro atoms. The summed E-state index contributed by atoms with van der Waals surface area (Å²) in [5.41, 5.74) is 2.67. The van der Waals surface area contributed by atoms with Crippen LogP contribution >= 0.6 is 0 Å². The van der Waals surface area contributed by atoms with E-state index in [4.69, 9.17) is 14.2 Å². The SMILES string of the molecule is COC(=O)[C@@H](CO[Si](C)(C)C(C)(C)C)N=C(c1ccccc1)c1ccccc1. The third kappa shape index (κ3) is 5.63. The summed E-state index contributed by atoms with van der Waals surface area (Å²) < 4.78 is 11.3. The first-order valence-corrected chi connectivity index (χ1v) is 12.5. The van der Waals surface area contributed by atoms with Gasteiger partial charge in [0.1, 0.15) is 0 Å². The van der Waals surface area contributed by atoms with Gasteiger partial charge in [0.15, 0.2) is 14.4 Å². The second kappa shape index (κ2) is 9.30. The molecule has 0 aliphatic rings. The van der Waals surface area contributed by atoms with Gasteiger partial charge in [-0.3, -0.25) is 4.99 Å². The zero-order valence-electron chi connectivity index (χ0n) is 17.7. The van der Waals surface area contributed by atoms with E-state index in [1.54, 1.807) is 0 Å². The Morgan fingerprint density at radius 2 is 1.43 bits per heavy atom. The zero-order chi connectivity index (χ0) is 20.8. The van der Waals surface area contributed by atoms with Crippen LogP contribution < -0.4 is 0 Å². The van der Waals surface area contributed by atoms with Gasteiger partial charge in [0.25, 0.3) is 0 Å². The van der Waals surface area contributed by atoms with E-state index < -0.39 is 14.4 Å². The number of carbonyl (C=O) groups is 1. The molecule has 5 heteroatoms. The number of ether oxygens (including phenoxy) is 1. The number of nitrogens with zero attached hydrogens (tertiary/aromatic N) is 1. The zero-order valence-corrected chi connectivity index (χ0v) is 18.7. The van der Waals surface area contributed by atoms with Crippen LogP contribution in [-0.2, 0) is 14.0 Å². The lowest BCUT2D eigenvalue weighted by Gasteiger charge is -2.36. The Hall–Kier alpha value is -2.24. The quantitative estimate of drug-likeness (QED) is 0.371. The number of aliphatic imine (C=N–C) groups is 1. The Balaban J connectivity index is 2.42. The molecule has 0 saturated carbocycles. The summed E-state index contributed by atoms with van der Waals surface area (Å²) in [6.07, 6.45) is 0. The second-order valence-electron chi connectivity index (χ2n) is 8.32. The van der Waals surface area contributed by atoms with Crippen LogP contribution in [-0.4, -0.2) is 39.8 Å². The number of esters is 1. The van der Waals surface area contributed by atoms with Crippen LogP contribution in [0.4, 0.5) is 0 Å². The minimum absolute atomic E-state index is 0.0546. The fraction of sp³-hybridized carbons (Fsp3) is 0.391. The van der Waals surface area contributed by atoms with Crippen molar-refractivity contribution >= 4 is 20.0 Å². The van der Waals surface area contributed by atoms with Crippen molar-refractivity contribution in [2.24, 2.45) is 4.99 Å². The Morgan fingerprint density at radius 3 is 1.82 bits per heavy atom. The standard InChI is InChI=1S/C23H31NO3Si/c1-23(2,3)28(5,6)27-17-20(22(25)26-4)24-21(18-13-9-7-10-14-18)19-15-11-8-12-16-19/h7-16,20H,17H2,1-6H3/t20-/m1/s1. The highest BCUT2D eigenvalue weighted by Gasteiger charge is 2.38. The van der Waals surface area contributed by atoms with Crippen LogP contribution in [0.5, 0.6) is 0 Å². The molecule has 0 aliphatic heterocycles. The summed E-state index contributed by atoms with van der Waals surface area (Å²) in [4.78, 5) is 17.3. The van der Waals surface area contributed by atoms with Crippen LogP contribution in [0.2, 0.25) is 18.1 Å². The van der Waals surface area contributed by atoms with E-state index in [0.29, 0.717) is 0 Å². The van der Waals surface area contributed by atoms with Crippen LogP contribution in [0.25, 0.3) is 0 Å². The topological polar surface area (TPSA) is 47.9 Å². The van der Waals surface area contributed by atoms with Gasteiger partial charge in [0.05, 0.1) is 19.4 Å². The molecule has 0 saturated heterocycles. The average molecular weight is 398 g/mol. The molecule has 2 aromatic carbocycles. The molecule has 28 heavy (non-hydrogen) atoms. The normalized spacial score (nSPS) is 12.9. The third-order valence-corrected chi connectivity index (χ3v) is 9.76. The minimum Gasteiger partial charge on any atom is -0.467 e. The maximum absolute atomic E-state index is 12.5. The predicted octanol–water partition coefficient (Wildman–Crippen LogP) is 5.09. The maximum atomic E-state index is 12.5. The van der Waals surface area contributed by atoms with Crippen molar-refractivity contribution in [3.8, 4) is 0 Å². The van der Waals surface area contributed by atoms with Crippen LogP contribution in [0.3, 0.4) is 0 Å². The highest BCUT2D eigenvalue weighted by molar-refractivity contribution is 6.74. The van der Waals surface area contributed by atoms with Gasteiger partial charge in [-0.25, -0.2) is 4.79 Å². The number of rotatable bonds is 7. The Morgan fingerprint density at radius 1 is 0.964 bits per heavy atom. The van der Waals surface area contributed by atoms with E-state index in [0.717, 1.165) is 16.8 Å². The highest BCUT2D eigenvalue weighted by atomic mass is 28.4. The highest BCUT2D eigenvalue weighted by Crippen LogP contribution is 2.36. The van der Waals surface area contributed by atoms with Crippen molar-refractivity contribution in [3.63, 3.8) is 0 Å². The minimum atomic E-state index is -2.01. The van der Waals surface area contributed by atoms with Crippen molar-refractivity contribution in [1.29, 1.82) is 0 Å². The first-order valence-electron chi connectivity index (χ1n) is 9.56. The van der Waals surface area contributed by atoms with Gasteiger partial charge in [0.2, 0.25) is 0 Å². The molecule has 4 nitrogen and oxygen atoms in total. The number of hydrogen-bond acceptors (Lipinski definition) is 4. The molecule has 0 bridgehead atoms. The third-order valence-electron chi connectivity index (χ3n) is 5.26. The molecule has 0 radical (unpaired) electrons. The Labute approximate surface area is 169 Å². The number of methoxy groups -OCH3 is 1. The van der Waals surface area contributed by atoms with E-state index in [2.05, 4.69) is 33.9 Å². The molecular weight excluding hydrogens is 366 g/mol. The van der Waals surface area contributed by atoms with Gasteiger partial charge in [-0.2, -0.15) is 0 Å². The van der Waals surface area contributed by atoms with Crippen LogP contribution in [0, 0.1) is 0 Å². The fourth-order valence-corrected chi connectivity index (χ4v) is 3.47. The lowest BCUT2D eigenvalue weighted by Crippen LogP contribution is -2.43. The fourth-order valence-electron chi connectivity index (χ4n) is 2.46. The molecule has 0 N–H and O–H groups in total. The van der Waals surface area contributed by atoms with Crippen molar-refractivity contribution < 1.29 is 14.0 Å². The molecule has 0 aliphatic carbocycles. The molecule has 2 rings (SSSR count). The molecule has 0 aromatic heterocycles. The van der Waals surface area contributed by atoms with Gasteiger partial charge in [-0.15, -0.1) is 0 Å². The predicted molar refractivity (Wildman–Crippen MR) is 117 cm³/mol. The first kappa shape index (κ1) is 22.1. The number of benzene rings is 2. The van der Waals surface area contributed by atoms with Gasteiger partial charge in [-0.05, 0) is 18.1 Å². The summed E-state index contributed by atoms with van der Waals surface area (Å²) >= 11 is 0. The second-order valence-corrected chi connectivity index (χ2v) is 13.1.